The van der Waals surface area contributed by atoms with Gasteiger partial charge in [0.2, 0.25) is 17.7 Å². The molecule has 0 unspecified atom stereocenters. The van der Waals surface area contributed by atoms with Gasteiger partial charge in [-0.2, -0.15) is 0 Å². The van der Waals surface area contributed by atoms with Crippen LogP contribution in [-0.4, -0.2) is 28.7 Å². The molecular weight excluding hydrogens is 400 g/mol. The lowest BCUT2D eigenvalue weighted by molar-refractivity contribution is -0.384. The van der Waals surface area contributed by atoms with E-state index in [2.05, 4.69) is 10.6 Å². The number of nitro groups is 1. The maximum Gasteiger partial charge on any atom is 0.271 e. The number of hydrogen-bond acceptors (Lipinski definition) is 6. The molecule has 2 aromatic carbocycles. The summed E-state index contributed by atoms with van der Waals surface area (Å²) >= 11 is 0. The molecule has 3 amide bonds. The smallest absolute Gasteiger partial charge is 0.271 e. The summed E-state index contributed by atoms with van der Waals surface area (Å²) in [6.45, 7) is 3.86. The molecule has 2 aromatic rings. The first kappa shape index (κ1) is 19.4. The summed E-state index contributed by atoms with van der Waals surface area (Å²) in [5.74, 6) is -3.09. The fourth-order valence-corrected chi connectivity index (χ4v) is 5.26. The van der Waals surface area contributed by atoms with E-state index in [1.54, 1.807) is 24.3 Å². The van der Waals surface area contributed by atoms with Crippen LogP contribution in [0.3, 0.4) is 0 Å². The van der Waals surface area contributed by atoms with Crippen molar-refractivity contribution in [2.24, 2.45) is 17.8 Å². The van der Waals surface area contributed by atoms with Gasteiger partial charge in [-0.3, -0.25) is 29.8 Å². The number of nitro benzene ring substituents is 1. The third-order valence-corrected chi connectivity index (χ3v) is 6.57. The largest absolute Gasteiger partial charge is 0.324 e. The van der Waals surface area contributed by atoms with Gasteiger partial charge in [0.25, 0.3) is 5.69 Å². The van der Waals surface area contributed by atoms with Gasteiger partial charge < -0.3 is 5.32 Å². The molecule has 2 fully saturated rings. The van der Waals surface area contributed by atoms with Crippen LogP contribution in [-0.2, 0) is 19.9 Å². The number of hydrogen-bond donors (Lipinski definition) is 2. The Morgan fingerprint density at radius 1 is 1.06 bits per heavy atom. The number of rotatable bonds is 3. The van der Waals surface area contributed by atoms with E-state index < -0.39 is 40.2 Å². The number of benzene rings is 2. The summed E-state index contributed by atoms with van der Waals surface area (Å²) in [6, 6.07) is 12.2. The lowest BCUT2D eigenvalue weighted by atomic mass is 9.76. The minimum absolute atomic E-state index is 0.0331. The van der Waals surface area contributed by atoms with Gasteiger partial charge in [-0.1, -0.05) is 38.1 Å². The molecule has 4 atom stereocenters. The van der Waals surface area contributed by atoms with E-state index in [0.29, 0.717) is 11.3 Å². The Morgan fingerprint density at radius 2 is 1.81 bits per heavy atom. The van der Waals surface area contributed by atoms with Crippen LogP contribution in [0.15, 0.2) is 48.5 Å². The molecule has 2 saturated heterocycles. The maximum absolute atomic E-state index is 13.7. The van der Waals surface area contributed by atoms with Gasteiger partial charge in [-0.15, -0.1) is 0 Å². The average Bonchev–Trinajstić information content (AvgIpc) is 3.33. The zero-order valence-electron chi connectivity index (χ0n) is 16.9. The average molecular weight is 420 g/mol. The SMILES string of the molecule is CC(C)[C@H]1N[C@]2(C(=O)Nc3ccccc32)[C@@H]2C(=O)N(c3cccc([N+](=O)[O-])c3)C(=O)[C@@H]12. The van der Waals surface area contributed by atoms with Crippen LogP contribution in [0.2, 0.25) is 0 Å². The predicted molar refractivity (Wildman–Crippen MR) is 111 cm³/mol. The first-order chi connectivity index (χ1) is 14.8. The van der Waals surface area contributed by atoms with Crippen LogP contribution in [0.25, 0.3) is 0 Å². The van der Waals surface area contributed by atoms with Crippen LogP contribution in [0.4, 0.5) is 17.1 Å². The van der Waals surface area contributed by atoms with E-state index in [4.69, 9.17) is 0 Å². The Hall–Kier alpha value is -3.59. The Kier molecular flexibility index (Phi) is 4.03. The van der Waals surface area contributed by atoms with Crippen LogP contribution in [0.1, 0.15) is 19.4 Å². The topological polar surface area (TPSA) is 122 Å². The molecule has 0 saturated carbocycles. The lowest BCUT2D eigenvalue weighted by Crippen LogP contribution is -2.54. The highest BCUT2D eigenvalue weighted by atomic mass is 16.6. The van der Waals surface area contributed by atoms with Crippen molar-refractivity contribution in [3.05, 3.63) is 64.2 Å². The van der Waals surface area contributed by atoms with Gasteiger partial charge in [0, 0.05) is 29.4 Å². The molecule has 3 heterocycles. The minimum atomic E-state index is -1.36. The highest BCUT2D eigenvalue weighted by Gasteiger charge is 2.70. The summed E-state index contributed by atoms with van der Waals surface area (Å²) in [5, 5.41) is 17.4. The monoisotopic (exact) mass is 420 g/mol. The van der Waals surface area contributed by atoms with E-state index in [9.17, 15) is 24.5 Å². The van der Waals surface area contributed by atoms with Gasteiger partial charge in [-0.05, 0) is 18.1 Å². The summed E-state index contributed by atoms with van der Waals surface area (Å²) in [6.07, 6.45) is 0. The lowest BCUT2D eigenvalue weighted by Gasteiger charge is -2.30. The summed E-state index contributed by atoms with van der Waals surface area (Å²) < 4.78 is 0. The molecule has 3 aliphatic heterocycles. The van der Waals surface area contributed by atoms with Gasteiger partial charge in [-0.25, -0.2) is 4.90 Å². The van der Waals surface area contributed by atoms with Crippen LogP contribution < -0.4 is 15.5 Å². The van der Waals surface area contributed by atoms with Gasteiger partial charge in [0.1, 0.15) is 5.54 Å². The van der Waals surface area contributed by atoms with E-state index in [1.807, 2.05) is 13.8 Å². The van der Waals surface area contributed by atoms with Crippen molar-refractivity contribution in [3.8, 4) is 0 Å². The Labute approximate surface area is 177 Å². The number of carbonyl (C=O) groups excluding carboxylic acids is 3. The highest BCUT2D eigenvalue weighted by molar-refractivity contribution is 6.25. The molecule has 0 radical (unpaired) electrons. The zero-order chi connectivity index (χ0) is 22.1. The number of carbonyl (C=O) groups is 3. The molecule has 0 bridgehead atoms. The normalized spacial score (nSPS) is 28.9. The quantitative estimate of drug-likeness (QED) is 0.446. The Balaban J connectivity index is 1.67. The standard InChI is InChI=1S/C22H20N4O5/c1-11(2)18-16-17(22(24-18)14-8-3-4-9-15(14)23-21(22)29)20(28)25(19(16)27)12-6-5-7-13(10-12)26(30)31/h3-11,16-18,24H,1-2H3,(H,23,29)/t16-,17+,18-,22+/m1/s1. The van der Waals surface area contributed by atoms with E-state index in [1.165, 1.54) is 24.3 Å². The third-order valence-electron chi connectivity index (χ3n) is 6.57. The van der Waals surface area contributed by atoms with Gasteiger partial charge in [0.05, 0.1) is 22.4 Å². The van der Waals surface area contributed by atoms with Crippen LogP contribution >= 0.6 is 0 Å². The number of non-ortho nitro benzene ring substituents is 1. The number of nitrogens with one attached hydrogen (secondary N) is 2. The van der Waals surface area contributed by atoms with Gasteiger partial charge in [0.15, 0.2) is 0 Å². The fraction of sp³-hybridized carbons (Fsp3) is 0.318. The van der Waals surface area contributed by atoms with Crippen molar-refractivity contribution in [2.45, 2.75) is 25.4 Å². The number of anilines is 2. The van der Waals surface area contributed by atoms with Crippen LogP contribution in [0, 0.1) is 27.9 Å². The third kappa shape index (κ3) is 2.43. The highest BCUT2D eigenvalue weighted by Crippen LogP contribution is 2.54. The Bertz CT molecular complexity index is 1160. The van der Waals surface area contributed by atoms with Crippen molar-refractivity contribution in [2.75, 3.05) is 10.2 Å². The van der Waals surface area contributed by atoms with E-state index in [-0.39, 0.29) is 23.2 Å². The maximum atomic E-state index is 13.7. The number of imide groups is 1. The first-order valence-corrected chi connectivity index (χ1v) is 10.1. The number of para-hydroxylation sites is 1. The second-order valence-electron chi connectivity index (χ2n) is 8.51. The molecule has 9 heteroatoms. The van der Waals surface area contributed by atoms with Crippen molar-refractivity contribution < 1.29 is 19.3 Å². The molecule has 0 aromatic heterocycles. The molecule has 1 spiro atoms. The van der Waals surface area contributed by atoms with Crippen molar-refractivity contribution in [1.29, 1.82) is 0 Å². The number of fused-ring (bicyclic) bond motifs is 4. The summed E-state index contributed by atoms with van der Waals surface area (Å²) in [4.78, 5) is 52.1. The molecule has 9 nitrogen and oxygen atoms in total. The van der Waals surface area contributed by atoms with Crippen molar-refractivity contribution in [1.82, 2.24) is 5.32 Å². The molecule has 2 N–H and O–H groups in total. The van der Waals surface area contributed by atoms with Crippen molar-refractivity contribution in [3.63, 3.8) is 0 Å². The number of amides is 3. The molecule has 158 valence electrons. The van der Waals surface area contributed by atoms with Gasteiger partial charge >= 0.3 is 0 Å². The zero-order valence-corrected chi connectivity index (χ0v) is 16.9. The van der Waals surface area contributed by atoms with Crippen LogP contribution in [0.5, 0.6) is 0 Å². The Morgan fingerprint density at radius 3 is 2.52 bits per heavy atom. The number of nitrogens with zero attached hydrogens (tertiary/aromatic N) is 2. The molecular formula is C22H20N4O5. The molecule has 31 heavy (non-hydrogen) atoms. The minimum Gasteiger partial charge on any atom is -0.324 e. The first-order valence-electron chi connectivity index (χ1n) is 10.1. The summed E-state index contributed by atoms with van der Waals surface area (Å²) in [7, 11) is 0. The van der Waals surface area contributed by atoms with E-state index >= 15 is 0 Å². The van der Waals surface area contributed by atoms with Crippen molar-refractivity contribution >= 4 is 34.8 Å². The van der Waals surface area contributed by atoms with E-state index in [0.717, 1.165) is 4.90 Å². The predicted octanol–water partition coefficient (Wildman–Crippen LogP) is 2.18. The molecule has 0 aliphatic carbocycles. The molecule has 3 aliphatic rings. The fourth-order valence-electron chi connectivity index (χ4n) is 5.26. The second kappa shape index (κ2) is 6.45. The molecule has 5 rings (SSSR count). The summed E-state index contributed by atoms with van der Waals surface area (Å²) in [5.41, 5.74) is -0.189. The second-order valence-corrected chi connectivity index (χ2v) is 8.51.